The molecule has 0 aromatic heterocycles. The van der Waals surface area contributed by atoms with Crippen molar-refractivity contribution < 1.29 is 4.74 Å². The van der Waals surface area contributed by atoms with Crippen LogP contribution in [0.2, 0.25) is 0 Å². The molecule has 1 unspecified atom stereocenters. The van der Waals surface area contributed by atoms with Crippen LogP contribution >= 0.6 is 0 Å². The molecule has 1 atom stereocenters. The van der Waals surface area contributed by atoms with E-state index in [1.165, 1.54) is 94.6 Å². The van der Waals surface area contributed by atoms with Gasteiger partial charge in [-0.2, -0.15) is 0 Å². The van der Waals surface area contributed by atoms with E-state index in [9.17, 15) is 0 Å². The zero-order chi connectivity index (χ0) is 22.6. The van der Waals surface area contributed by atoms with E-state index in [0.29, 0.717) is 6.61 Å². The summed E-state index contributed by atoms with van der Waals surface area (Å²) in [7, 11) is 0. The van der Waals surface area contributed by atoms with Gasteiger partial charge in [0.2, 0.25) is 0 Å². The fourth-order valence-electron chi connectivity index (χ4n) is 6.26. The van der Waals surface area contributed by atoms with Crippen LogP contribution in [0.15, 0.2) is 49.6 Å². The highest BCUT2D eigenvalue weighted by molar-refractivity contribution is 5.27. The highest BCUT2D eigenvalue weighted by Gasteiger charge is 2.23. The van der Waals surface area contributed by atoms with Gasteiger partial charge in [0.25, 0.3) is 0 Å². The van der Waals surface area contributed by atoms with Crippen molar-refractivity contribution >= 4 is 0 Å². The summed E-state index contributed by atoms with van der Waals surface area (Å²) in [6, 6.07) is 9.32. The van der Waals surface area contributed by atoms with Gasteiger partial charge in [-0.3, -0.25) is 0 Å². The highest BCUT2D eigenvalue weighted by Crippen LogP contribution is 2.39. The molecule has 1 aromatic carbocycles. The molecule has 0 N–H and O–H groups in total. The number of allylic oxidation sites excluding steroid dienone is 1. The lowest BCUT2D eigenvalue weighted by atomic mass is 9.76. The van der Waals surface area contributed by atoms with E-state index in [2.05, 4.69) is 50.4 Å². The largest absolute Gasteiger partial charge is 0.370 e. The van der Waals surface area contributed by atoms with Crippen LogP contribution in [-0.4, -0.2) is 6.61 Å². The average molecular weight is 437 g/mol. The van der Waals surface area contributed by atoms with Crippen LogP contribution in [-0.2, 0) is 4.74 Å². The first-order chi connectivity index (χ1) is 15.7. The van der Waals surface area contributed by atoms with Gasteiger partial charge in [-0.25, -0.2) is 0 Å². The predicted octanol–water partition coefficient (Wildman–Crippen LogP) is 9.56. The minimum Gasteiger partial charge on any atom is -0.370 e. The maximum atomic E-state index is 5.90. The van der Waals surface area contributed by atoms with Crippen molar-refractivity contribution in [1.82, 2.24) is 0 Å². The molecule has 1 aromatic rings. The topological polar surface area (TPSA) is 9.23 Å². The van der Waals surface area contributed by atoms with E-state index < -0.39 is 0 Å². The van der Waals surface area contributed by atoms with Crippen molar-refractivity contribution in [3.05, 3.63) is 60.7 Å². The summed E-state index contributed by atoms with van der Waals surface area (Å²) in [5, 5.41) is 0. The van der Waals surface area contributed by atoms with Crippen molar-refractivity contribution in [3.8, 4) is 0 Å². The minimum atomic E-state index is 0.194. The second kappa shape index (κ2) is 14.0. The summed E-state index contributed by atoms with van der Waals surface area (Å²) in [6.45, 7) is 10.5. The normalized spacial score (nSPS) is 27.0. The molecule has 3 rings (SSSR count). The van der Waals surface area contributed by atoms with Gasteiger partial charge in [-0.1, -0.05) is 81.9 Å². The van der Waals surface area contributed by atoms with Crippen LogP contribution in [0.3, 0.4) is 0 Å². The maximum Gasteiger partial charge on any atom is 0.0826 e. The average Bonchev–Trinajstić information content (AvgIpc) is 2.84. The van der Waals surface area contributed by atoms with Gasteiger partial charge in [0.1, 0.15) is 0 Å². The molecule has 178 valence electrons. The first kappa shape index (κ1) is 25.3. The zero-order valence-corrected chi connectivity index (χ0v) is 20.8. The second-order valence-corrected chi connectivity index (χ2v) is 10.6. The Kier molecular flexibility index (Phi) is 11.1. The van der Waals surface area contributed by atoms with E-state index in [-0.39, 0.29) is 6.10 Å². The van der Waals surface area contributed by atoms with E-state index in [1.54, 1.807) is 0 Å². The Morgan fingerprint density at radius 2 is 1.38 bits per heavy atom. The highest BCUT2D eigenvalue weighted by atomic mass is 16.5. The third-order valence-electron chi connectivity index (χ3n) is 8.35. The van der Waals surface area contributed by atoms with Crippen LogP contribution in [0.1, 0.15) is 120 Å². The Labute approximate surface area is 198 Å². The van der Waals surface area contributed by atoms with E-state index in [0.717, 1.165) is 30.1 Å². The number of unbranched alkanes of at least 4 members (excludes halogenated alkanes) is 1. The lowest BCUT2D eigenvalue weighted by molar-refractivity contribution is 0.0714. The zero-order valence-electron chi connectivity index (χ0n) is 20.8. The first-order valence-corrected chi connectivity index (χ1v) is 13.7. The summed E-state index contributed by atoms with van der Waals surface area (Å²) < 4.78 is 5.90. The Balaban J connectivity index is 1.31. The van der Waals surface area contributed by atoms with Gasteiger partial charge >= 0.3 is 0 Å². The molecule has 32 heavy (non-hydrogen) atoms. The number of hydrogen-bond acceptors (Lipinski definition) is 1. The van der Waals surface area contributed by atoms with Crippen molar-refractivity contribution in [2.24, 2.45) is 17.8 Å². The molecule has 2 aliphatic rings. The number of hydrogen-bond donors (Lipinski definition) is 0. The first-order valence-electron chi connectivity index (χ1n) is 13.7. The minimum absolute atomic E-state index is 0.194. The molecule has 1 heteroatoms. The van der Waals surface area contributed by atoms with Crippen LogP contribution in [0.25, 0.3) is 0 Å². The molecule has 1 nitrogen and oxygen atoms in total. The lowest BCUT2D eigenvalue weighted by Gasteiger charge is -2.30. The Morgan fingerprint density at radius 3 is 1.91 bits per heavy atom. The van der Waals surface area contributed by atoms with Gasteiger partial charge < -0.3 is 4.74 Å². The molecule has 2 fully saturated rings. The fourth-order valence-corrected chi connectivity index (χ4v) is 6.26. The summed E-state index contributed by atoms with van der Waals surface area (Å²) in [5.41, 5.74) is 2.85. The molecular weight excluding hydrogens is 388 g/mol. The number of benzene rings is 1. The van der Waals surface area contributed by atoms with Crippen molar-refractivity contribution in [1.29, 1.82) is 0 Å². The van der Waals surface area contributed by atoms with Gasteiger partial charge in [0.05, 0.1) is 12.7 Å². The maximum absolute atomic E-state index is 5.90. The van der Waals surface area contributed by atoms with E-state index >= 15 is 0 Å². The number of rotatable bonds is 13. The van der Waals surface area contributed by atoms with Crippen molar-refractivity contribution in [2.75, 3.05) is 6.61 Å². The smallest absolute Gasteiger partial charge is 0.0826 e. The Bertz CT molecular complexity index is 644. The summed E-state index contributed by atoms with van der Waals surface area (Å²) in [5.74, 6) is 3.70. The molecule has 0 aliphatic heterocycles. The molecule has 0 heterocycles. The van der Waals surface area contributed by atoms with Gasteiger partial charge in [-0.05, 0) is 86.2 Å². The Morgan fingerprint density at radius 1 is 0.812 bits per heavy atom. The van der Waals surface area contributed by atoms with Crippen molar-refractivity contribution in [3.63, 3.8) is 0 Å². The molecule has 0 saturated heterocycles. The monoisotopic (exact) mass is 436 g/mol. The second-order valence-electron chi connectivity index (χ2n) is 10.6. The van der Waals surface area contributed by atoms with Crippen LogP contribution in [0, 0.1) is 17.8 Å². The molecule has 0 amide bonds. The summed E-state index contributed by atoms with van der Waals surface area (Å²) in [4.78, 5) is 0. The lowest BCUT2D eigenvalue weighted by Crippen LogP contribution is -2.15. The quantitative estimate of drug-likeness (QED) is 0.221. The molecule has 2 aliphatic carbocycles. The molecule has 0 radical (unpaired) electrons. The fraction of sp³-hybridized carbons (Fsp3) is 0.677. The van der Waals surface area contributed by atoms with Crippen LogP contribution in [0.4, 0.5) is 0 Å². The molecular formula is C31H48O. The summed E-state index contributed by atoms with van der Waals surface area (Å²) >= 11 is 0. The predicted molar refractivity (Wildman–Crippen MR) is 139 cm³/mol. The standard InChI is InChI=1S/C31H48O/c1-4-9-25-12-14-26(15-13-25)10-7-8-11-27-16-18-28(19-17-27)29-20-22-30(23-21-29)31(6-3)32-24-5-2/h4-5,20-23,25-28,31H,1-2,6-19,24H2,3H3. The van der Waals surface area contributed by atoms with Crippen molar-refractivity contribution in [2.45, 2.75) is 109 Å². The third kappa shape index (κ3) is 7.91. The molecule has 0 bridgehead atoms. The summed E-state index contributed by atoms with van der Waals surface area (Å²) in [6.07, 6.45) is 23.7. The van der Waals surface area contributed by atoms with Gasteiger partial charge in [-0.15, -0.1) is 13.2 Å². The third-order valence-corrected chi connectivity index (χ3v) is 8.35. The van der Waals surface area contributed by atoms with E-state index in [4.69, 9.17) is 4.74 Å². The molecule has 2 saturated carbocycles. The van der Waals surface area contributed by atoms with E-state index in [1.807, 2.05) is 6.08 Å². The molecule has 0 spiro atoms. The van der Waals surface area contributed by atoms with Gasteiger partial charge in [0.15, 0.2) is 0 Å². The van der Waals surface area contributed by atoms with Gasteiger partial charge in [0, 0.05) is 0 Å². The SMILES string of the molecule is C=CCOC(CC)c1ccc(C2CCC(CCCCC3CCC(CC=C)CC3)CC2)cc1. The number of ether oxygens (including phenoxy) is 1. The Hall–Kier alpha value is -1.34. The van der Waals surface area contributed by atoms with Crippen LogP contribution in [0.5, 0.6) is 0 Å². The van der Waals surface area contributed by atoms with Crippen LogP contribution < -0.4 is 0 Å².